The number of thiophene rings is 1. The summed E-state index contributed by atoms with van der Waals surface area (Å²) in [5.74, 6) is 2.72. The fourth-order valence-electron chi connectivity index (χ4n) is 2.09. The Balaban J connectivity index is 2.27. The van der Waals surface area contributed by atoms with E-state index in [0.717, 1.165) is 35.9 Å². The Hall–Kier alpha value is -1.62. The fourth-order valence-corrected chi connectivity index (χ4v) is 2.85. The topological polar surface area (TPSA) is 49.8 Å². The zero-order valence-electron chi connectivity index (χ0n) is 12.5. The van der Waals surface area contributed by atoms with Crippen LogP contribution in [0.3, 0.4) is 0 Å². The molecule has 4 nitrogen and oxygen atoms in total. The number of hydrogen-bond acceptors (Lipinski definition) is 5. The molecule has 2 aromatic rings. The highest BCUT2D eigenvalue weighted by Gasteiger charge is 2.13. The molecule has 1 unspecified atom stereocenters. The third-order valence-corrected chi connectivity index (χ3v) is 4.00. The van der Waals surface area contributed by atoms with Crippen molar-refractivity contribution in [1.82, 2.24) is 9.97 Å². The Morgan fingerprint density at radius 1 is 1.30 bits per heavy atom. The second kappa shape index (κ2) is 6.70. The zero-order chi connectivity index (χ0) is 14.5. The number of aryl methyl sites for hydroxylation is 1. The lowest BCUT2D eigenvalue weighted by Crippen LogP contribution is -2.12. The maximum Gasteiger partial charge on any atom is 0.135 e. The molecule has 2 rings (SSSR count). The van der Waals surface area contributed by atoms with E-state index in [1.54, 1.807) is 11.3 Å². The van der Waals surface area contributed by atoms with E-state index in [0.29, 0.717) is 0 Å². The maximum absolute atomic E-state index is 4.66. The molecule has 0 aromatic carbocycles. The summed E-state index contributed by atoms with van der Waals surface area (Å²) in [5, 5.41) is 10.9. The van der Waals surface area contributed by atoms with E-state index < -0.39 is 0 Å². The highest BCUT2D eigenvalue weighted by Crippen LogP contribution is 2.25. The van der Waals surface area contributed by atoms with Gasteiger partial charge in [-0.25, -0.2) is 9.97 Å². The molecule has 0 aliphatic carbocycles. The van der Waals surface area contributed by atoms with Crippen molar-refractivity contribution >= 4 is 23.0 Å². The number of aromatic nitrogens is 2. The van der Waals surface area contributed by atoms with Crippen molar-refractivity contribution in [3.63, 3.8) is 0 Å². The molecule has 0 aliphatic heterocycles. The first-order valence-corrected chi connectivity index (χ1v) is 7.93. The largest absolute Gasteiger partial charge is 0.373 e. The van der Waals surface area contributed by atoms with Gasteiger partial charge in [0, 0.05) is 19.0 Å². The molecular formula is C15H22N4S. The van der Waals surface area contributed by atoms with Gasteiger partial charge in [0.1, 0.15) is 17.5 Å². The first kappa shape index (κ1) is 14.8. The third kappa shape index (κ3) is 3.28. The van der Waals surface area contributed by atoms with Crippen molar-refractivity contribution < 1.29 is 0 Å². The molecule has 5 heteroatoms. The van der Waals surface area contributed by atoms with E-state index in [1.165, 1.54) is 5.56 Å². The Kier molecular flexibility index (Phi) is 4.95. The molecule has 108 valence electrons. The van der Waals surface area contributed by atoms with E-state index in [9.17, 15) is 0 Å². The van der Waals surface area contributed by atoms with E-state index in [4.69, 9.17) is 0 Å². The molecule has 0 radical (unpaired) electrons. The summed E-state index contributed by atoms with van der Waals surface area (Å²) >= 11 is 1.72. The SMILES string of the molecule is CCCc1nc(NC)c(C)c(NC(C)c2ccsc2)n1. The van der Waals surface area contributed by atoms with Crippen LogP contribution in [0.15, 0.2) is 16.8 Å². The van der Waals surface area contributed by atoms with Gasteiger partial charge < -0.3 is 10.6 Å². The van der Waals surface area contributed by atoms with E-state index in [2.05, 4.69) is 51.3 Å². The van der Waals surface area contributed by atoms with Crippen molar-refractivity contribution in [2.45, 2.75) is 39.7 Å². The molecule has 2 heterocycles. The first-order chi connectivity index (χ1) is 9.65. The molecule has 0 spiro atoms. The third-order valence-electron chi connectivity index (χ3n) is 3.30. The Labute approximate surface area is 124 Å². The van der Waals surface area contributed by atoms with Crippen LogP contribution < -0.4 is 10.6 Å². The van der Waals surface area contributed by atoms with Crippen LogP contribution in [0.25, 0.3) is 0 Å². The van der Waals surface area contributed by atoms with Gasteiger partial charge in [-0.3, -0.25) is 0 Å². The summed E-state index contributed by atoms with van der Waals surface area (Å²) in [7, 11) is 1.90. The zero-order valence-corrected chi connectivity index (χ0v) is 13.3. The predicted molar refractivity (Wildman–Crippen MR) is 86.7 cm³/mol. The number of anilines is 2. The normalized spacial score (nSPS) is 12.2. The van der Waals surface area contributed by atoms with Crippen LogP contribution in [-0.2, 0) is 6.42 Å². The van der Waals surface area contributed by atoms with Gasteiger partial charge in [0.2, 0.25) is 0 Å². The molecule has 0 amide bonds. The highest BCUT2D eigenvalue weighted by atomic mass is 32.1. The number of nitrogens with one attached hydrogen (secondary N) is 2. The molecule has 0 fully saturated rings. The highest BCUT2D eigenvalue weighted by molar-refractivity contribution is 7.07. The van der Waals surface area contributed by atoms with Gasteiger partial charge in [0.05, 0.1) is 6.04 Å². The van der Waals surface area contributed by atoms with Crippen LogP contribution in [0.5, 0.6) is 0 Å². The molecule has 20 heavy (non-hydrogen) atoms. The van der Waals surface area contributed by atoms with Crippen LogP contribution in [-0.4, -0.2) is 17.0 Å². The predicted octanol–water partition coefficient (Wildman–Crippen LogP) is 4.01. The molecule has 2 aromatic heterocycles. The smallest absolute Gasteiger partial charge is 0.135 e. The maximum atomic E-state index is 4.66. The second-order valence-electron chi connectivity index (χ2n) is 4.88. The average molecular weight is 290 g/mol. The summed E-state index contributed by atoms with van der Waals surface area (Å²) in [6.45, 7) is 6.34. The van der Waals surface area contributed by atoms with Gasteiger partial charge in [0.15, 0.2) is 0 Å². The molecule has 0 saturated carbocycles. The van der Waals surface area contributed by atoms with Gasteiger partial charge in [0.25, 0.3) is 0 Å². The fraction of sp³-hybridized carbons (Fsp3) is 0.467. The lowest BCUT2D eigenvalue weighted by atomic mass is 10.1. The van der Waals surface area contributed by atoms with Crippen LogP contribution in [0.1, 0.15) is 43.3 Å². The van der Waals surface area contributed by atoms with E-state index >= 15 is 0 Å². The Bertz CT molecular complexity index is 551. The number of nitrogens with zero attached hydrogens (tertiary/aromatic N) is 2. The minimum absolute atomic E-state index is 0.244. The summed E-state index contributed by atoms with van der Waals surface area (Å²) in [6, 6.07) is 2.39. The molecule has 0 bridgehead atoms. The summed E-state index contributed by atoms with van der Waals surface area (Å²) in [5.41, 5.74) is 2.35. The lowest BCUT2D eigenvalue weighted by Gasteiger charge is -2.17. The van der Waals surface area contributed by atoms with E-state index in [-0.39, 0.29) is 6.04 Å². The van der Waals surface area contributed by atoms with Crippen LogP contribution in [0.4, 0.5) is 11.6 Å². The van der Waals surface area contributed by atoms with Crippen LogP contribution in [0, 0.1) is 6.92 Å². The molecule has 1 atom stereocenters. The Morgan fingerprint density at radius 3 is 2.65 bits per heavy atom. The van der Waals surface area contributed by atoms with Crippen molar-refractivity contribution in [3.8, 4) is 0 Å². The minimum atomic E-state index is 0.244. The van der Waals surface area contributed by atoms with Crippen LogP contribution >= 0.6 is 11.3 Å². The monoisotopic (exact) mass is 290 g/mol. The number of hydrogen-bond donors (Lipinski definition) is 2. The second-order valence-corrected chi connectivity index (χ2v) is 5.66. The quantitative estimate of drug-likeness (QED) is 0.844. The van der Waals surface area contributed by atoms with Gasteiger partial charge in [-0.15, -0.1) is 0 Å². The van der Waals surface area contributed by atoms with E-state index in [1.807, 2.05) is 14.0 Å². The van der Waals surface area contributed by atoms with Crippen molar-refractivity contribution in [3.05, 3.63) is 33.8 Å². The van der Waals surface area contributed by atoms with Crippen molar-refractivity contribution in [2.24, 2.45) is 0 Å². The van der Waals surface area contributed by atoms with Crippen molar-refractivity contribution in [1.29, 1.82) is 0 Å². The van der Waals surface area contributed by atoms with Gasteiger partial charge in [-0.2, -0.15) is 11.3 Å². The van der Waals surface area contributed by atoms with Crippen molar-refractivity contribution in [2.75, 3.05) is 17.7 Å². The summed E-state index contributed by atoms with van der Waals surface area (Å²) < 4.78 is 0. The molecule has 0 saturated heterocycles. The minimum Gasteiger partial charge on any atom is -0.373 e. The number of rotatable bonds is 6. The standard InChI is InChI=1S/C15H22N4S/c1-5-6-13-18-14(16-4)10(2)15(19-13)17-11(3)12-7-8-20-9-12/h7-9,11H,5-6H2,1-4H3,(H2,16,17,18,19). The van der Waals surface area contributed by atoms with Gasteiger partial charge >= 0.3 is 0 Å². The lowest BCUT2D eigenvalue weighted by molar-refractivity contribution is 0.817. The molecular weight excluding hydrogens is 268 g/mol. The van der Waals surface area contributed by atoms with Gasteiger partial charge in [-0.1, -0.05) is 6.92 Å². The first-order valence-electron chi connectivity index (χ1n) is 6.99. The van der Waals surface area contributed by atoms with Crippen LogP contribution in [0.2, 0.25) is 0 Å². The summed E-state index contributed by atoms with van der Waals surface area (Å²) in [4.78, 5) is 9.21. The molecule has 0 aliphatic rings. The van der Waals surface area contributed by atoms with Gasteiger partial charge in [-0.05, 0) is 42.7 Å². The summed E-state index contributed by atoms with van der Waals surface area (Å²) in [6.07, 6.45) is 1.95. The average Bonchev–Trinajstić information content (AvgIpc) is 2.96. The molecule has 2 N–H and O–H groups in total. The Morgan fingerprint density at radius 2 is 2.05 bits per heavy atom.